The van der Waals surface area contributed by atoms with Gasteiger partial charge in [0.2, 0.25) is 5.91 Å². The fourth-order valence-electron chi connectivity index (χ4n) is 1.88. The Kier molecular flexibility index (Phi) is 6.24. The van der Waals surface area contributed by atoms with E-state index in [0.717, 1.165) is 20.5 Å². The van der Waals surface area contributed by atoms with Crippen molar-refractivity contribution in [3.05, 3.63) is 63.6 Å². The monoisotopic (exact) mass is 393 g/mol. The van der Waals surface area contributed by atoms with Crippen molar-refractivity contribution in [2.45, 2.75) is 18.4 Å². The van der Waals surface area contributed by atoms with Crippen molar-refractivity contribution in [2.75, 3.05) is 5.75 Å². The zero-order valence-electron chi connectivity index (χ0n) is 12.5. The molecule has 0 aliphatic rings. The number of benzene rings is 2. The predicted molar refractivity (Wildman–Crippen MR) is 94.4 cm³/mol. The highest BCUT2D eigenvalue weighted by Crippen LogP contribution is 2.25. The SMILES string of the molecule is Cc1cc(Br)ccc1SCC(=O)OCc1ccc(C(N)=O)cc1. The molecule has 0 aliphatic carbocycles. The number of rotatable bonds is 6. The molecule has 0 aliphatic heterocycles. The van der Waals surface area contributed by atoms with Gasteiger partial charge >= 0.3 is 5.97 Å². The average molecular weight is 394 g/mol. The number of nitrogens with two attached hydrogens (primary N) is 1. The van der Waals surface area contributed by atoms with Crippen LogP contribution >= 0.6 is 27.7 Å². The molecule has 2 N–H and O–H groups in total. The second-order valence-electron chi connectivity index (χ2n) is 4.92. The van der Waals surface area contributed by atoms with Crippen LogP contribution in [0.2, 0.25) is 0 Å². The van der Waals surface area contributed by atoms with Crippen LogP contribution in [0.3, 0.4) is 0 Å². The molecular formula is C17H16BrNO3S. The Bertz CT molecular complexity index is 716. The number of ether oxygens (including phenoxy) is 1. The summed E-state index contributed by atoms with van der Waals surface area (Å²) in [6.07, 6.45) is 0. The minimum Gasteiger partial charge on any atom is -0.460 e. The van der Waals surface area contributed by atoms with Crippen molar-refractivity contribution in [2.24, 2.45) is 5.73 Å². The first-order valence-corrected chi connectivity index (χ1v) is 8.67. The molecule has 0 aromatic heterocycles. The van der Waals surface area contributed by atoms with E-state index < -0.39 is 5.91 Å². The zero-order valence-corrected chi connectivity index (χ0v) is 14.9. The lowest BCUT2D eigenvalue weighted by atomic mass is 10.1. The molecule has 0 fully saturated rings. The number of carbonyl (C=O) groups excluding carboxylic acids is 2. The standard InChI is InChI=1S/C17H16BrNO3S/c1-11-8-14(18)6-7-15(11)23-10-16(20)22-9-12-2-4-13(5-3-12)17(19)21/h2-8H,9-10H2,1H3,(H2,19,21). The third kappa shape index (κ3) is 5.41. The normalized spacial score (nSPS) is 10.3. The molecule has 2 rings (SSSR count). The van der Waals surface area contributed by atoms with E-state index >= 15 is 0 Å². The molecule has 4 nitrogen and oxygen atoms in total. The van der Waals surface area contributed by atoms with Gasteiger partial charge in [-0.2, -0.15) is 0 Å². The highest BCUT2D eigenvalue weighted by Gasteiger charge is 2.07. The Morgan fingerprint density at radius 2 is 1.87 bits per heavy atom. The molecule has 0 saturated carbocycles. The minimum absolute atomic E-state index is 0.178. The van der Waals surface area contributed by atoms with Gasteiger partial charge in [-0.25, -0.2) is 0 Å². The van der Waals surface area contributed by atoms with Crippen LogP contribution in [-0.2, 0) is 16.1 Å². The largest absolute Gasteiger partial charge is 0.460 e. The topological polar surface area (TPSA) is 69.4 Å². The number of hydrogen-bond donors (Lipinski definition) is 1. The third-order valence-electron chi connectivity index (χ3n) is 3.12. The average Bonchev–Trinajstić information content (AvgIpc) is 2.52. The highest BCUT2D eigenvalue weighted by atomic mass is 79.9. The van der Waals surface area contributed by atoms with Crippen molar-refractivity contribution < 1.29 is 14.3 Å². The van der Waals surface area contributed by atoms with Crippen LogP contribution in [0.25, 0.3) is 0 Å². The first-order chi connectivity index (χ1) is 11.0. The van der Waals surface area contributed by atoms with Gasteiger partial charge < -0.3 is 10.5 Å². The quantitative estimate of drug-likeness (QED) is 0.599. The maximum absolute atomic E-state index is 11.8. The van der Waals surface area contributed by atoms with Crippen molar-refractivity contribution in [3.8, 4) is 0 Å². The second kappa shape index (κ2) is 8.17. The molecule has 0 spiro atoms. The molecule has 0 heterocycles. The minimum atomic E-state index is -0.477. The van der Waals surface area contributed by atoms with Gasteiger partial charge in [-0.15, -0.1) is 11.8 Å². The lowest BCUT2D eigenvalue weighted by Crippen LogP contribution is -2.11. The number of carbonyl (C=O) groups is 2. The van der Waals surface area contributed by atoms with Crippen LogP contribution in [0.1, 0.15) is 21.5 Å². The molecule has 1 amide bonds. The van der Waals surface area contributed by atoms with Crippen molar-refractivity contribution in [3.63, 3.8) is 0 Å². The lowest BCUT2D eigenvalue weighted by molar-refractivity contribution is -0.141. The van der Waals surface area contributed by atoms with E-state index in [2.05, 4.69) is 15.9 Å². The molecule has 0 atom stereocenters. The van der Waals surface area contributed by atoms with Gasteiger partial charge in [0.15, 0.2) is 0 Å². The summed E-state index contributed by atoms with van der Waals surface area (Å²) in [6.45, 7) is 2.18. The van der Waals surface area contributed by atoms with E-state index in [0.29, 0.717) is 5.56 Å². The summed E-state index contributed by atoms with van der Waals surface area (Å²) in [4.78, 5) is 23.8. The number of primary amides is 1. The summed E-state index contributed by atoms with van der Waals surface area (Å²) in [5.74, 6) is -0.506. The molecular weight excluding hydrogens is 378 g/mol. The fraction of sp³-hybridized carbons (Fsp3) is 0.176. The summed E-state index contributed by atoms with van der Waals surface area (Å²) in [5, 5.41) is 0. The molecule has 23 heavy (non-hydrogen) atoms. The lowest BCUT2D eigenvalue weighted by Gasteiger charge is -2.07. The number of aryl methyl sites for hydroxylation is 1. The van der Waals surface area contributed by atoms with Crippen LogP contribution < -0.4 is 5.73 Å². The van der Waals surface area contributed by atoms with Crippen LogP contribution in [0.4, 0.5) is 0 Å². The van der Waals surface area contributed by atoms with Gasteiger partial charge in [0.25, 0.3) is 0 Å². The summed E-state index contributed by atoms with van der Waals surface area (Å²) < 4.78 is 6.24. The summed E-state index contributed by atoms with van der Waals surface area (Å²) >= 11 is 4.86. The summed E-state index contributed by atoms with van der Waals surface area (Å²) in [5.41, 5.74) is 7.53. The van der Waals surface area contributed by atoms with Gasteiger partial charge in [-0.1, -0.05) is 28.1 Å². The number of amides is 1. The highest BCUT2D eigenvalue weighted by molar-refractivity contribution is 9.10. The van der Waals surface area contributed by atoms with E-state index in [-0.39, 0.29) is 18.3 Å². The van der Waals surface area contributed by atoms with Crippen LogP contribution in [0, 0.1) is 6.92 Å². The molecule has 0 unspecified atom stereocenters. The first-order valence-electron chi connectivity index (χ1n) is 6.89. The summed E-state index contributed by atoms with van der Waals surface area (Å²) in [7, 11) is 0. The first kappa shape index (κ1) is 17.6. The Morgan fingerprint density at radius 3 is 2.48 bits per heavy atom. The second-order valence-corrected chi connectivity index (χ2v) is 6.85. The predicted octanol–water partition coefficient (Wildman–Crippen LogP) is 3.69. The van der Waals surface area contributed by atoms with E-state index in [1.54, 1.807) is 24.3 Å². The fourth-order valence-corrected chi connectivity index (χ4v) is 3.17. The molecule has 6 heteroatoms. The van der Waals surface area contributed by atoms with Crippen LogP contribution in [-0.4, -0.2) is 17.6 Å². The Balaban J connectivity index is 1.82. The molecule has 2 aromatic rings. The molecule has 0 radical (unpaired) electrons. The van der Waals surface area contributed by atoms with Crippen LogP contribution in [0.15, 0.2) is 51.8 Å². The Morgan fingerprint density at radius 1 is 1.17 bits per heavy atom. The van der Waals surface area contributed by atoms with Crippen molar-refractivity contribution in [1.29, 1.82) is 0 Å². The van der Waals surface area contributed by atoms with E-state index in [1.165, 1.54) is 11.8 Å². The van der Waals surface area contributed by atoms with Gasteiger partial charge in [0, 0.05) is 14.9 Å². The van der Waals surface area contributed by atoms with E-state index in [4.69, 9.17) is 10.5 Å². The van der Waals surface area contributed by atoms with Crippen LogP contribution in [0.5, 0.6) is 0 Å². The molecule has 0 saturated heterocycles. The Hall–Kier alpha value is -1.79. The smallest absolute Gasteiger partial charge is 0.316 e. The number of esters is 1. The molecule has 120 valence electrons. The van der Waals surface area contributed by atoms with E-state index in [9.17, 15) is 9.59 Å². The third-order valence-corrected chi connectivity index (χ3v) is 4.76. The number of halogens is 1. The van der Waals surface area contributed by atoms with Gasteiger partial charge in [0.1, 0.15) is 6.61 Å². The number of hydrogen-bond acceptors (Lipinski definition) is 4. The summed E-state index contributed by atoms with van der Waals surface area (Å²) in [6, 6.07) is 12.6. The van der Waals surface area contributed by atoms with Crippen molar-refractivity contribution >= 4 is 39.6 Å². The van der Waals surface area contributed by atoms with Gasteiger partial charge in [-0.3, -0.25) is 9.59 Å². The Labute approximate surface area is 147 Å². The molecule has 0 bridgehead atoms. The maximum atomic E-state index is 11.8. The maximum Gasteiger partial charge on any atom is 0.316 e. The van der Waals surface area contributed by atoms with Gasteiger partial charge in [0.05, 0.1) is 5.75 Å². The molecule has 2 aromatic carbocycles. The van der Waals surface area contributed by atoms with E-state index in [1.807, 2.05) is 25.1 Å². The zero-order chi connectivity index (χ0) is 16.8. The van der Waals surface area contributed by atoms with Crippen molar-refractivity contribution in [1.82, 2.24) is 0 Å². The number of thioether (sulfide) groups is 1. The van der Waals surface area contributed by atoms with Gasteiger partial charge in [-0.05, 0) is 48.4 Å².